The number of amides is 1. The molecule has 3 nitrogen and oxygen atoms in total. The molecule has 0 bridgehead atoms. The van der Waals surface area contributed by atoms with E-state index in [1.54, 1.807) is 7.05 Å². The van der Waals surface area contributed by atoms with Crippen molar-refractivity contribution in [3.8, 4) is 0 Å². The van der Waals surface area contributed by atoms with Gasteiger partial charge in [0.2, 0.25) is 0 Å². The van der Waals surface area contributed by atoms with Gasteiger partial charge in [-0.05, 0) is 32.6 Å². The van der Waals surface area contributed by atoms with E-state index < -0.39 is 0 Å². The molecule has 0 unspecified atom stereocenters. The standard InChI is InChI=1S/C10H17NO2/c1-8(9-6-4-5-7-9)10(12)11(2)13-3/h4-7H2,1-3H3. The largest absolute Gasteiger partial charge is 0.274 e. The van der Waals surface area contributed by atoms with E-state index in [1.165, 1.54) is 30.6 Å². The second kappa shape index (κ2) is 4.42. The molecule has 0 heterocycles. The highest BCUT2D eigenvalue weighted by atomic mass is 16.7. The highest BCUT2D eigenvalue weighted by molar-refractivity contribution is 5.92. The number of rotatable bonds is 2. The third-order valence-corrected chi connectivity index (χ3v) is 2.62. The Labute approximate surface area is 79.3 Å². The molecule has 1 rings (SSSR count). The molecule has 0 saturated heterocycles. The lowest BCUT2D eigenvalue weighted by molar-refractivity contribution is -0.163. The van der Waals surface area contributed by atoms with Crippen LogP contribution in [0.2, 0.25) is 0 Å². The van der Waals surface area contributed by atoms with E-state index in [4.69, 9.17) is 4.84 Å². The number of carbonyl (C=O) groups is 1. The lowest BCUT2D eigenvalue weighted by atomic mass is 10.1. The summed E-state index contributed by atoms with van der Waals surface area (Å²) in [4.78, 5) is 16.4. The third-order valence-electron chi connectivity index (χ3n) is 2.62. The molecule has 3 heteroatoms. The molecule has 0 aromatic heterocycles. The fourth-order valence-corrected chi connectivity index (χ4v) is 1.65. The molecule has 0 radical (unpaired) electrons. The van der Waals surface area contributed by atoms with E-state index in [2.05, 4.69) is 0 Å². The van der Waals surface area contributed by atoms with Gasteiger partial charge in [0.05, 0.1) is 7.11 Å². The van der Waals surface area contributed by atoms with Crippen LogP contribution in [0, 0.1) is 0 Å². The van der Waals surface area contributed by atoms with E-state index >= 15 is 0 Å². The molecule has 13 heavy (non-hydrogen) atoms. The van der Waals surface area contributed by atoms with Crippen molar-refractivity contribution >= 4 is 5.91 Å². The molecule has 0 atom stereocenters. The van der Waals surface area contributed by atoms with Gasteiger partial charge in [0, 0.05) is 12.6 Å². The Morgan fingerprint density at radius 1 is 1.38 bits per heavy atom. The average molecular weight is 183 g/mol. The van der Waals surface area contributed by atoms with Gasteiger partial charge in [-0.3, -0.25) is 9.63 Å². The highest BCUT2D eigenvalue weighted by Crippen LogP contribution is 2.27. The normalized spacial score (nSPS) is 16.1. The van der Waals surface area contributed by atoms with Crippen molar-refractivity contribution in [3.05, 3.63) is 11.1 Å². The molecule has 1 aliphatic carbocycles. The first kappa shape index (κ1) is 10.3. The van der Waals surface area contributed by atoms with Crippen molar-refractivity contribution in [2.75, 3.05) is 14.2 Å². The van der Waals surface area contributed by atoms with Crippen molar-refractivity contribution in [3.63, 3.8) is 0 Å². The van der Waals surface area contributed by atoms with Gasteiger partial charge in [-0.15, -0.1) is 0 Å². The van der Waals surface area contributed by atoms with Crippen molar-refractivity contribution in [2.45, 2.75) is 32.6 Å². The van der Waals surface area contributed by atoms with Crippen molar-refractivity contribution in [1.29, 1.82) is 0 Å². The van der Waals surface area contributed by atoms with Crippen LogP contribution >= 0.6 is 0 Å². The summed E-state index contributed by atoms with van der Waals surface area (Å²) in [7, 11) is 3.14. The van der Waals surface area contributed by atoms with Crippen molar-refractivity contribution in [1.82, 2.24) is 5.06 Å². The Kier molecular flexibility index (Phi) is 3.48. The maximum Gasteiger partial charge on any atom is 0.272 e. The van der Waals surface area contributed by atoms with Crippen LogP contribution in [0.5, 0.6) is 0 Å². The monoisotopic (exact) mass is 183 g/mol. The number of nitrogens with zero attached hydrogens (tertiary/aromatic N) is 1. The number of carbonyl (C=O) groups excluding carboxylic acids is 1. The predicted octanol–water partition coefficient (Wildman–Crippen LogP) is 1.90. The molecule has 0 N–H and O–H groups in total. The Morgan fingerprint density at radius 2 is 1.92 bits per heavy atom. The van der Waals surface area contributed by atoms with Crippen molar-refractivity contribution in [2.24, 2.45) is 0 Å². The molecule has 74 valence electrons. The number of hydrogen-bond donors (Lipinski definition) is 0. The van der Waals surface area contributed by atoms with Crippen LogP contribution in [0.4, 0.5) is 0 Å². The van der Waals surface area contributed by atoms with Crippen LogP contribution in [0.25, 0.3) is 0 Å². The lowest BCUT2D eigenvalue weighted by Gasteiger charge is -2.15. The van der Waals surface area contributed by atoms with Gasteiger partial charge >= 0.3 is 0 Å². The number of likely N-dealkylation sites (N-methyl/N-ethyl adjacent to an activating group) is 1. The summed E-state index contributed by atoms with van der Waals surface area (Å²) in [5.41, 5.74) is 2.16. The first-order valence-corrected chi connectivity index (χ1v) is 4.67. The zero-order chi connectivity index (χ0) is 9.84. The first-order chi connectivity index (χ1) is 6.16. The van der Waals surface area contributed by atoms with Crippen molar-refractivity contribution < 1.29 is 9.63 Å². The van der Waals surface area contributed by atoms with E-state index in [1.807, 2.05) is 6.92 Å². The summed E-state index contributed by atoms with van der Waals surface area (Å²) in [6.07, 6.45) is 4.59. The minimum absolute atomic E-state index is 0.0144. The molecule has 1 amide bonds. The fraction of sp³-hybridized carbons (Fsp3) is 0.700. The minimum Gasteiger partial charge on any atom is -0.274 e. The average Bonchev–Trinajstić information content (AvgIpc) is 2.67. The van der Waals surface area contributed by atoms with Crippen LogP contribution < -0.4 is 0 Å². The van der Waals surface area contributed by atoms with E-state index in [-0.39, 0.29) is 5.91 Å². The lowest BCUT2D eigenvalue weighted by Crippen LogP contribution is -2.26. The Morgan fingerprint density at radius 3 is 2.38 bits per heavy atom. The number of hydrogen-bond acceptors (Lipinski definition) is 2. The van der Waals surface area contributed by atoms with Gasteiger partial charge in [0.15, 0.2) is 0 Å². The zero-order valence-corrected chi connectivity index (χ0v) is 8.59. The summed E-state index contributed by atoms with van der Waals surface area (Å²) in [5.74, 6) is -0.0144. The van der Waals surface area contributed by atoms with Crippen LogP contribution in [-0.4, -0.2) is 25.1 Å². The molecular formula is C10H17NO2. The maximum atomic E-state index is 11.6. The molecule has 0 aliphatic heterocycles. The molecule has 0 spiro atoms. The van der Waals surface area contributed by atoms with Gasteiger partial charge in [-0.25, -0.2) is 5.06 Å². The number of allylic oxidation sites excluding steroid dienone is 1. The number of hydroxylamine groups is 2. The van der Waals surface area contributed by atoms with Gasteiger partial charge < -0.3 is 0 Å². The fourth-order valence-electron chi connectivity index (χ4n) is 1.65. The van der Waals surface area contributed by atoms with E-state index in [9.17, 15) is 4.79 Å². The van der Waals surface area contributed by atoms with Crippen LogP contribution in [0.15, 0.2) is 11.1 Å². The van der Waals surface area contributed by atoms with Gasteiger partial charge in [-0.2, -0.15) is 0 Å². The Balaban J connectivity index is 2.70. The summed E-state index contributed by atoms with van der Waals surface area (Å²) in [6, 6.07) is 0. The summed E-state index contributed by atoms with van der Waals surface area (Å²) < 4.78 is 0. The third kappa shape index (κ3) is 2.31. The molecule has 0 aromatic rings. The zero-order valence-electron chi connectivity index (χ0n) is 8.59. The molecule has 1 saturated carbocycles. The molecule has 1 fully saturated rings. The van der Waals surface area contributed by atoms with Gasteiger partial charge in [0.1, 0.15) is 0 Å². The predicted molar refractivity (Wildman–Crippen MR) is 50.9 cm³/mol. The highest BCUT2D eigenvalue weighted by Gasteiger charge is 2.17. The van der Waals surface area contributed by atoms with Crippen LogP contribution in [-0.2, 0) is 9.63 Å². The first-order valence-electron chi connectivity index (χ1n) is 4.67. The SMILES string of the molecule is CON(C)C(=O)C(C)=C1CCCC1. The Bertz CT molecular complexity index is 225. The van der Waals surface area contributed by atoms with E-state index in [0.29, 0.717) is 0 Å². The minimum atomic E-state index is -0.0144. The van der Waals surface area contributed by atoms with Gasteiger partial charge in [-0.1, -0.05) is 5.57 Å². The second-order valence-electron chi connectivity index (χ2n) is 3.42. The molecular weight excluding hydrogens is 166 g/mol. The summed E-state index contributed by atoms with van der Waals surface area (Å²) in [5, 5.41) is 1.28. The molecule has 0 aromatic carbocycles. The van der Waals surface area contributed by atoms with E-state index in [0.717, 1.165) is 18.4 Å². The van der Waals surface area contributed by atoms with Crippen LogP contribution in [0.1, 0.15) is 32.6 Å². The second-order valence-corrected chi connectivity index (χ2v) is 3.42. The maximum absolute atomic E-state index is 11.6. The summed E-state index contributed by atoms with van der Waals surface area (Å²) >= 11 is 0. The quantitative estimate of drug-likeness (QED) is 0.483. The smallest absolute Gasteiger partial charge is 0.272 e. The Hall–Kier alpha value is -0.830. The molecule has 1 aliphatic rings. The van der Waals surface area contributed by atoms with Gasteiger partial charge in [0.25, 0.3) is 5.91 Å². The topological polar surface area (TPSA) is 29.5 Å². The van der Waals surface area contributed by atoms with Crippen LogP contribution in [0.3, 0.4) is 0 Å². The summed E-state index contributed by atoms with van der Waals surface area (Å²) in [6.45, 7) is 1.89.